The van der Waals surface area contributed by atoms with Crippen molar-refractivity contribution in [2.45, 2.75) is 4.90 Å². The average molecular weight is 342 g/mol. The van der Waals surface area contributed by atoms with Crippen LogP contribution in [0.15, 0.2) is 41.3 Å². The molecule has 2 aromatic carbocycles. The number of sulfonamides is 1. The maximum absolute atomic E-state index is 12.3. The molecule has 0 aliphatic rings. The molecule has 0 bridgehead atoms. The van der Waals surface area contributed by atoms with E-state index in [1.807, 2.05) is 6.07 Å². The zero-order chi connectivity index (χ0) is 15.6. The summed E-state index contributed by atoms with van der Waals surface area (Å²) in [7, 11) is -3.89. The van der Waals surface area contributed by atoms with E-state index in [2.05, 4.69) is 4.72 Å². The second-order valence-electron chi connectivity index (χ2n) is 4.10. The molecule has 5 nitrogen and oxygen atoms in total. The van der Waals surface area contributed by atoms with Crippen LogP contribution in [0.3, 0.4) is 0 Å². The summed E-state index contributed by atoms with van der Waals surface area (Å²) in [5.41, 5.74) is 6.43. The number of hydrogen-bond acceptors (Lipinski definition) is 4. The number of nitrogens with one attached hydrogen (secondary N) is 1. The van der Waals surface area contributed by atoms with Gasteiger partial charge in [-0.05, 0) is 36.4 Å². The van der Waals surface area contributed by atoms with E-state index in [1.165, 1.54) is 36.4 Å². The van der Waals surface area contributed by atoms with E-state index in [9.17, 15) is 8.42 Å². The van der Waals surface area contributed by atoms with Crippen LogP contribution in [-0.2, 0) is 10.0 Å². The fourth-order valence-electron chi connectivity index (χ4n) is 1.59. The molecule has 0 atom stereocenters. The van der Waals surface area contributed by atoms with Crippen molar-refractivity contribution in [3.8, 4) is 6.07 Å². The Labute approximate surface area is 132 Å². The van der Waals surface area contributed by atoms with Gasteiger partial charge in [-0.15, -0.1) is 0 Å². The lowest BCUT2D eigenvalue weighted by atomic mass is 10.2. The minimum atomic E-state index is -3.89. The summed E-state index contributed by atoms with van der Waals surface area (Å²) >= 11 is 11.7. The first kappa shape index (κ1) is 15.4. The van der Waals surface area contributed by atoms with Gasteiger partial charge in [-0.3, -0.25) is 4.72 Å². The second kappa shape index (κ2) is 5.82. The van der Waals surface area contributed by atoms with Gasteiger partial charge in [0, 0.05) is 0 Å². The van der Waals surface area contributed by atoms with Gasteiger partial charge in [-0.1, -0.05) is 23.2 Å². The van der Waals surface area contributed by atoms with E-state index in [1.54, 1.807) is 0 Å². The number of nitrogen functional groups attached to an aromatic ring is 1. The fourth-order valence-corrected chi connectivity index (χ4v) is 3.36. The normalized spacial score (nSPS) is 10.9. The molecule has 0 amide bonds. The number of anilines is 2. The minimum absolute atomic E-state index is 0.0388. The fraction of sp³-hybridized carbons (Fsp3) is 0. The highest BCUT2D eigenvalue weighted by molar-refractivity contribution is 7.92. The van der Waals surface area contributed by atoms with Gasteiger partial charge in [0.15, 0.2) is 0 Å². The Morgan fingerprint density at radius 1 is 1.10 bits per heavy atom. The van der Waals surface area contributed by atoms with Gasteiger partial charge in [-0.25, -0.2) is 8.42 Å². The van der Waals surface area contributed by atoms with Gasteiger partial charge in [0.25, 0.3) is 10.0 Å². The Morgan fingerprint density at radius 3 is 2.38 bits per heavy atom. The molecule has 8 heteroatoms. The number of benzene rings is 2. The van der Waals surface area contributed by atoms with Crippen molar-refractivity contribution in [2.75, 3.05) is 10.5 Å². The Bertz CT molecular complexity index is 845. The number of nitrogens with two attached hydrogens (primary N) is 1. The summed E-state index contributed by atoms with van der Waals surface area (Å²) in [5.74, 6) is 0. The Hall–Kier alpha value is -1.94. The van der Waals surface area contributed by atoms with Crippen LogP contribution in [0.2, 0.25) is 10.0 Å². The van der Waals surface area contributed by atoms with Gasteiger partial charge in [-0.2, -0.15) is 5.26 Å². The number of hydrogen-bond donors (Lipinski definition) is 2. The first-order valence-corrected chi connectivity index (χ1v) is 7.85. The Kier molecular flexibility index (Phi) is 4.28. The van der Waals surface area contributed by atoms with Crippen LogP contribution in [0.25, 0.3) is 0 Å². The molecule has 0 radical (unpaired) electrons. The minimum Gasteiger partial charge on any atom is -0.398 e. The highest BCUT2D eigenvalue weighted by atomic mass is 35.5. The van der Waals surface area contributed by atoms with Crippen LogP contribution in [0, 0.1) is 11.3 Å². The Morgan fingerprint density at radius 2 is 1.81 bits per heavy atom. The number of nitriles is 1. The van der Waals surface area contributed by atoms with Crippen LogP contribution in [0.1, 0.15) is 5.56 Å². The van der Waals surface area contributed by atoms with Crippen LogP contribution in [0.5, 0.6) is 0 Å². The summed E-state index contributed by atoms with van der Waals surface area (Å²) in [6, 6.07) is 10.2. The van der Waals surface area contributed by atoms with Crippen molar-refractivity contribution in [1.82, 2.24) is 0 Å². The summed E-state index contributed by atoms with van der Waals surface area (Å²) in [6.45, 7) is 0. The van der Waals surface area contributed by atoms with Crippen molar-refractivity contribution in [3.05, 3.63) is 52.0 Å². The lowest BCUT2D eigenvalue weighted by Gasteiger charge is -2.10. The monoisotopic (exact) mass is 341 g/mol. The molecule has 2 aromatic rings. The molecule has 108 valence electrons. The van der Waals surface area contributed by atoms with E-state index >= 15 is 0 Å². The molecule has 0 spiro atoms. The van der Waals surface area contributed by atoms with Crippen LogP contribution in [-0.4, -0.2) is 8.42 Å². The summed E-state index contributed by atoms with van der Waals surface area (Å²) in [5, 5.41) is 8.95. The quantitative estimate of drug-likeness (QED) is 0.837. The highest BCUT2D eigenvalue weighted by Gasteiger charge is 2.18. The molecule has 0 saturated carbocycles. The van der Waals surface area contributed by atoms with Crippen LogP contribution in [0.4, 0.5) is 11.4 Å². The Balaban J connectivity index is 2.38. The third-order valence-electron chi connectivity index (χ3n) is 2.60. The molecule has 0 saturated heterocycles. The SMILES string of the molecule is N#Cc1ccc(S(=O)(=O)Nc2ccc(N)c(Cl)c2)c(Cl)c1. The molecular weight excluding hydrogens is 333 g/mol. The van der Waals surface area contributed by atoms with Crippen molar-refractivity contribution in [3.63, 3.8) is 0 Å². The van der Waals surface area contributed by atoms with Crippen molar-refractivity contribution in [1.29, 1.82) is 5.26 Å². The third-order valence-corrected chi connectivity index (χ3v) is 4.79. The summed E-state index contributed by atoms with van der Waals surface area (Å²) in [6.07, 6.45) is 0. The zero-order valence-corrected chi connectivity index (χ0v) is 12.8. The number of nitrogens with zero attached hydrogens (tertiary/aromatic N) is 1. The molecule has 0 fully saturated rings. The average Bonchev–Trinajstić information content (AvgIpc) is 2.42. The zero-order valence-electron chi connectivity index (χ0n) is 10.5. The lowest BCUT2D eigenvalue weighted by Crippen LogP contribution is -2.13. The van der Waals surface area contributed by atoms with E-state index < -0.39 is 10.0 Å². The lowest BCUT2D eigenvalue weighted by molar-refractivity contribution is 0.601. The maximum Gasteiger partial charge on any atom is 0.263 e. The largest absolute Gasteiger partial charge is 0.398 e. The molecule has 0 unspecified atom stereocenters. The van der Waals surface area contributed by atoms with Gasteiger partial charge in [0.05, 0.1) is 33.1 Å². The van der Waals surface area contributed by atoms with Gasteiger partial charge in [0.1, 0.15) is 4.90 Å². The molecule has 0 heterocycles. The molecule has 0 aliphatic heterocycles. The van der Waals surface area contributed by atoms with Crippen molar-refractivity contribution in [2.24, 2.45) is 0 Å². The summed E-state index contributed by atoms with van der Waals surface area (Å²) < 4.78 is 26.9. The first-order valence-electron chi connectivity index (χ1n) is 5.61. The summed E-state index contributed by atoms with van der Waals surface area (Å²) in [4.78, 5) is -0.129. The maximum atomic E-state index is 12.3. The standard InChI is InChI=1S/C13H9Cl2N3O2S/c14-10-6-9(2-3-12(10)17)18-21(19,20)13-4-1-8(7-16)5-11(13)15/h1-6,18H,17H2. The topological polar surface area (TPSA) is 96.0 Å². The first-order chi connectivity index (χ1) is 9.83. The predicted octanol–water partition coefficient (Wildman–Crippen LogP) is 3.25. The van der Waals surface area contributed by atoms with Crippen LogP contribution >= 0.6 is 23.2 Å². The predicted molar refractivity (Wildman–Crippen MR) is 82.8 cm³/mol. The molecule has 0 aromatic heterocycles. The smallest absolute Gasteiger partial charge is 0.263 e. The molecule has 21 heavy (non-hydrogen) atoms. The van der Waals surface area contributed by atoms with Crippen molar-refractivity contribution < 1.29 is 8.42 Å². The van der Waals surface area contributed by atoms with Crippen LogP contribution < -0.4 is 10.5 Å². The van der Waals surface area contributed by atoms with E-state index in [4.69, 9.17) is 34.2 Å². The van der Waals surface area contributed by atoms with Gasteiger partial charge < -0.3 is 5.73 Å². The van der Waals surface area contributed by atoms with Crippen molar-refractivity contribution >= 4 is 44.6 Å². The van der Waals surface area contributed by atoms with Gasteiger partial charge in [0.2, 0.25) is 0 Å². The number of rotatable bonds is 3. The molecular formula is C13H9Cl2N3O2S. The van der Waals surface area contributed by atoms with E-state index in [-0.39, 0.29) is 26.2 Å². The third kappa shape index (κ3) is 3.39. The number of halogens is 2. The molecule has 2 rings (SSSR count). The van der Waals surface area contributed by atoms with E-state index in [0.717, 1.165) is 0 Å². The second-order valence-corrected chi connectivity index (χ2v) is 6.56. The van der Waals surface area contributed by atoms with E-state index in [0.29, 0.717) is 5.69 Å². The molecule has 0 aliphatic carbocycles. The highest BCUT2D eigenvalue weighted by Crippen LogP contribution is 2.27. The van der Waals surface area contributed by atoms with Gasteiger partial charge >= 0.3 is 0 Å². The molecule has 3 N–H and O–H groups in total.